The van der Waals surface area contributed by atoms with Crippen LogP contribution in [0.5, 0.6) is 0 Å². The van der Waals surface area contributed by atoms with Gasteiger partial charge in [-0.05, 0) is 48.6 Å². The number of cyclic esters (lactones) is 1. The predicted octanol–water partition coefficient (Wildman–Crippen LogP) is 3.05. The first-order valence-electron chi connectivity index (χ1n) is 7.89. The summed E-state index contributed by atoms with van der Waals surface area (Å²) in [4.78, 5) is 25.5. The molecule has 0 fully saturated rings. The smallest absolute Gasteiger partial charge is 0.424 e. The van der Waals surface area contributed by atoms with Crippen LogP contribution in [0.1, 0.15) is 36.6 Å². The highest BCUT2D eigenvalue weighted by molar-refractivity contribution is 5.84. The maximum atomic E-state index is 12.4. The maximum Gasteiger partial charge on any atom is 0.424 e. The molecule has 2 atom stereocenters. The minimum Gasteiger partial charge on any atom is -0.452 e. The Morgan fingerprint density at radius 1 is 1.38 bits per heavy atom. The third-order valence-electron chi connectivity index (χ3n) is 4.49. The zero-order valence-corrected chi connectivity index (χ0v) is 14.0. The first kappa shape index (κ1) is 16.1. The quantitative estimate of drug-likeness (QED) is 0.588. The van der Waals surface area contributed by atoms with Gasteiger partial charge in [0.2, 0.25) is 0 Å². The van der Waals surface area contributed by atoms with E-state index in [1.807, 2.05) is 6.92 Å². The minimum atomic E-state index is -0.519. The van der Waals surface area contributed by atoms with Gasteiger partial charge >= 0.3 is 12.1 Å². The van der Waals surface area contributed by atoms with E-state index in [-0.39, 0.29) is 1.43 Å². The van der Waals surface area contributed by atoms with Gasteiger partial charge in [0.05, 0.1) is 0 Å². The van der Waals surface area contributed by atoms with Crippen LogP contribution >= 0.6 is 0 Å². The van der Waals surface area contributed by atoms with Gasteiger partial charge in [-0.15, -0.1) is 0 Å². The Bertz CT molecular complexity index is 791. The second-order valence-corrected chi connectivity index (χ2v) is 6.00. The maximum absolute atomic E-state index is 12.4. The summed E-state index contributed by atoms with van der Waals surface area (Å²) in [5.41, 5.74) is 4.51. The first-order valence-corrected chi connectivity index (χ1v) is 7.89. The third kappa shape index (κ3) is 2.88. The minimum absolute atomic E-state index is 0. The highest BCUT2D eigenvalue weighted by atomic mass is 16.6. The summed E-state index contributed by atoms with van der Waals surface area (Å²) in [6, 6.07) is 3.81. The summed E-state index contributed by atoms with van der Waals surface area (Å²) in [5, 5.41) is 0. The average molecular weight is 327 g/mol. The molecule has 2 aliphatic rings. The number of ether oxygens (including phenoxy) is 2. The Hall–Kier alpha value is -2.74. The van der Waals surface area contributed by atoms with Crippen molar-refractivity contribution in [3.8, 4) is 12.0 Å². The van der Waals surface area contributed by atoms with E-state index < -0.39 is 24.2 Å². The molecule has 1 aromatic rings. The van der Waals surface area contributed by atoms with E-state index in [0.717, 1.165) is 17.5 Å². The molecule has 2 aliphatic heterocycles. The molecule has 2 unspecified atom stereocenters. The predicted molar refractivity (Wildman–Crippen MR) is 90.1 cm³/mol. The Kier molecular flexibility index (Phi) is 4.30. The number of carbonyl (C=O) groups is 2. The van der Waals surface area contributed by atoms with Gasteiger partial charge in [0.1, 0.15) is 18.3 Å². The largest absolute Gasteiger partial charge is 0.452 e. The fourth-order valence-electron chi connectivity index (χ4n) is 3.21. The number of benzene rings is 1. The molecule has 24 heavy (non-hydrogen) atoms. The van der Waals surface area contributed by atoms with E-state index in [9.17, 15) is 9.59 Å². The summed E-state index contributed by atoms with van der Waals surface area (Å²) >= 11 is 0. The summed E-state index contributed by atoms with van der Waals surface area (Å²) in [6.07, 6.45) is 5.13. The van der Waals surface area contributed by atoms with Crippen LogP contribution in [0.4, 0.5) is 4.79 Å². The number of amides is 1. The summed E-state index contributed by atoms with van der Waals surface area (Å²) in [5.74, 6) is 2.15. The Labute approximate surface area is 142 Å². The second-order valence-electron chi connectivity index (χ2n) is 6.00. The van der Waals surface area contributed by atoms with Crippen molar-refractivity contribution in [2.75, 3.05) is 6.54 Å². The monoisotopic (exact) mass is 327 g/mol. The lowest BCUT2D eigenvalue weighted by atomic mass is 9.87. The number of hydrogen-bond donors (Lipinski definition) is 0. The van der Waals surface area contributed by atoms with Crippen LogP contribution in [0.3, 0.4) is 0 Å². The van der Waals surface area contributed by atoms with Crippen LogP contribution in [0.15, 0.2) is 24.3 Å². The molecule has 0 bridgehead atoms. The van der Waals surface area contributed by atoms with E-state index in [2.05, 4.69) is 31.1 Å². The molecule has 5 nitrogen and oxygen atoms in total. The fraction of sp³-hybridized carbons (Fsp3) is 0.368. The molecule has 0 aromatic heterocycles. The Balaban J connectivity index is 0.00000225. The highest BCUT2D eigenvalue weighted by Crippen LogP contribution is 2.37. The number of fused-ring (bicyclic) bond motifs is 1. The molecule has 0 aliphatic carbocycles. The van der Waals surface area contributed by atoms with Gasteiger partial charge in [-0.3, -0.25) is 4.90 Å². The lowest BCUT2D eigenvalue weighted by Gasteiger charge is -2.38. The van der Waals surface area contributed by atoms with Crippen molar-refractivity contribution < 1.29 is 20.5 Å². The molecule has 1 aromatic carbocycles. The van der Waals surface area contributed by atoms with E-state index in [1.165, 1.54) is 17.2 Å². The molecule has 0 N–H and O–H groups in total. The van der Waals surface area contributed by atoms with Crippen LogP contribution in [0.25, 0.3) is 0 Å². The number of aryl methyl sites for hydroxylation is 2. The van der Waals surface area contributed by atoms with Crippen molar-refractivity contribution in [2.45, 2.75) is 39.3 Å². The van der Waals surface area contributed by atoms with E-state index in [1.54, 1.807) is 17.9 Å². The SMILES string of the molecule is CC#COC(=O)N1CCc2cc(C)c(C)cc2C1C1C=CC(=O)O1.[HH]. The fourth-order valence-corrected chi connectivity index (χ4v) is 3.21. The second kappa shape index (κ2) is 6.40. The normalized spacial score (nSPS) is 21.6. The van der Waals surface area contributed by atoms with Gasteiger partial charge in [0.25, 0.3) is 0 Å². The van der Waals surface area contributed by atoms with Gasteiger partial charge in [-0.1, -0.05) is 18.1 Å². The molecular weight excluding hydrogens is 306 g/mol. The van der Waals surface area contributed by atoms with Crippen LogP contribution in [-0.4, -0.2) is 29.6 Å². The number of carbonyl (C=O) groups excluding carboxylic acids is 2. The van der Waals surface area contributed by atoms with Gasteiger partial charge in [0, 0.05) is 21.0 Å². The molecule has 0 spiro atoms. The van der Waals surface area contributed by atoms with Crippen LogP contribution < -0.4 is 0 Å². The molecule has 0 radical (unpaired) electrons. The van der Waals surface area contributed by atoms with E-state index in [0.29, 0.717) is 6.54 Å². The summed E-state index contributed by atoms with van der Waals surface area (Å²) in [6.45, 7) is 6.19. The van der Waals surface area contributed by atoms with Crippen LogP contribution in [0, 0.1) is 25.9 Å². The first-order chi connectivity index (χ1) is 11.5. The van der Waals surface area contributed by atoms with Gasteiger partial charge in [0.15, 0.2) is 0 Å². The number of nitrogens with zero attached hydrogens (tertiary/aromatic N) is 1. The topological polar surface area (TPSA) is 55.8 Å². The zero-order valence-electron chi connectivity index (χ0n) is 14.0. The van der Waals surface area contributed by atoms with Crippen molar-refractivity contribution in [3.63, 3.8) is 0 Å². The van der Waals surface area contributed by atoms with E-state index in [4.69, 9.17) is 9.47 Å². The molecule has 2 heterocycles. The molecule has 5 heteroatoms. The zero-order chi connectivity index (χ0) is 17.3. The van der Waals surface area contributed by atoms with Gasteiger partial charge in [-0.2, -0.15) is 0 Å². The Morgan fingerprint density at radius 3 is 2.79 bits per heavy atom. The molecule has 3 rings (SSSR count). The average Bonchev–Trinajstić information content (AvgIpc) is 2.98. The lowest BCUT2D eigenvalue weighted by Crippen LogP contribution is -2.45. The summed E-state index contributed by atoms with van der Waals surface area (Å²) in [7, 11) is 0. The molecular formula is C19H21NO4. The standard InChI is InChI=1S/C19H19NO4.H2/c1-4-9-23-19(22)20-8-7-14-10-12(2)13(3)11-15(14)18(20)16-5-6-17(21)24-16;/h5-6,10-11,16,18H,7-8H2,1-3H3;1H. The molecule has 126 valence electrons. The van der Waals surface area contributed by atoms with Gasteiger partial charge in [-0.25, -0.2) is 9.59 Å². The van der Waals surface area contributed by atoms with Crippen molar-refractivity contribution >= 4 is 12.1 Å². The lowest BCUT2D eigenvalue weighted by molar-refractivity contribution is -0.141. The Morgan fingerprint density at radius 2 is 2.12 bits per heavy atom. The molecule has 0 saturated carbocycles. The van der Waals surface area contributed by atoms with Crippen molar-refractivity contribution in [1.29, 1.82) is 0 Å². The third-order valence-corrected chi connectivity index (χ3v) is 4.49. The number of esters is 1. The van der Waals surface area contributed by atoms with Crippen molar-refractivity contribution in [1.82, 2.24) is 4.90 Å². The molecule has 1 amide bonds. The van der Waals surface area contributed by atoms with E-state index >= 15 is 0 Å². The van der Waals surface area contributed by atoms with Crippen molar-refractivity contribution in [3.05, 3.63) is 46.5 Å². The van der Waals surface area contributed by atoms with Gasteiger partial charge < -0.3 is 9.47 Å². The number of rotatable bonds is 1. The van der Waals surface area contributed by atoms with Crippen molar-refractivity contribution in [2.24, 2.45) is 0 Å². The van der Waals surface area contributed by atoms with Crippen LogP contribution in [0.2, 0.25) is 0 Å². The number of hydrogen-bond acceptors (Lipinski definition) is 4. The van der Waals surface area contributed by atoms with Crippen LogP contribution in [-0.2, 0) is 20.7 Å². The summed E-state index contributed by atoms with van der Waals surface area (Å²) < 4.78 is 10.4. The highest BCUT2D eigenvalue weighted by Gasteiger charge is 2.40. The molecule has 0 saturated heterocycles.